The highest BCUT2D eigenvalue weighted by Gasteiger charge is 2.55. The van der Waals surface area contributed by atoms with Gasteiger partial charge in [0.05, 0.1) is 5.41 Å². The summed E-state index contributed by atoms with van der Waals surface area (Å²) in [5.74, 6) is 0.600. The van der Waals surface area contributed by atoms with Crippen molar-refractivity contribution in [2.45, 2.75) is 19.9 Å². The number of halogens is 1. The number of carbonyl (C=O) groups excluding carboxylic acids is 1. The first-order valence-corrected chi connectivity index (χ1v) is 8.70. The molecule has 4 atom stereocenters. The molecule has 0 aliphatic carbocycles. The zero-order chi connectivity index (χ0) is 9.52. The van der Waals surface area contributed by atoms with Crippen LogP contribution in [0.5, 0.6) is 0 Å². The summed E-state index contributed by atoms with van der Waals surface area (Å²) in [6, 6.07) is 0.267. The van der Waals surface area contributed by atoms with E-state index in [1.165, 1.54) is 0 Å². The molecule has 1 aliphatic heterocycles. The molecular weight excluding hydrogens is 230 g/mol. The van der Waals surface area contributed by atoms with E-state index < -0.39 is 7.45 Å². The third kappa shape index (κ3) is 1.42. The van der Waals surface area contributed by atoms with Gasteiger partial charge in [0, 0.05) is 19.4 Å². The summed E-state index contributed by atoms with van der Waals surface area (Å²) in [5, 5.41) is 0. The van der Waals surface area contributed by atoms with Crippen molar-refractivity contribution in [2.24, 2.45) is 5.41 Å². The van der Waals surface area contributed by atoms with Gasteiger partial charge >= 0.3 is 0 Å². The lowest BCUT2D eigenvalue weighted by molar-refractivity contribution is -0.153. The number of carbonyl (C=O) groups is 1. The predicted octanol–water partition coefficient (Wildman–Crippen LogP) is 2.44. The Kier molecular flexibility index (Phi) is 3.39. The van der Waals surface area contributed by atoms with Crippen molar-refractivity contribution in [1.82, 2.24) is 4.67 Å². The van der Waals surface area contributed by atoms with Crippen LogP contribution in [-0.4, -0.2) is 22.5 Å². The fraction of sp³-hybridized carbons (Fsp3) is 0.833. The molecule has 1 aliphatic rings. The maximum atomic E-state index is 11.6. The number of rotatable bonds is 2. The molecule has 0 spiro atoms. The van der Waals surface area contributed by atoms with Crippen molar-refractivity contribution in [3.63, 3.8) is 0 Å². The summed E-state index contributed by atoms with van der Waals surface area (Å²) in [6.45, 7) is 3.98. The Morgan fingerprint density at radius 1 is 1.75 bits per heavy atom. The van der Waals surface area contributed by atoms with Crippen LogP contribution in [0.25, 0.3) is 0 Å². The molecule has 1 amide bonds. The second-order valence-corrected chi connectivity index (χ2v) is 9.68. The van der Waals surface area contributed by atoms with Crippen LogP contribution in [0, 0.1) is 5.41 Å². The van der Waals surface area contributed by atoms with Crippen molar-refractivity contribution >= 4 is 42.8 Å². The molecule has 1 fully saturated rings. The molecule has 70 valence electrons. The van der Waals surface area contributed by atoms with Crippen LogP contribution in [0.1, 0.15) is 13.8 Å². The highest BCUT2D eigenvalue weighted by atomic mass is 35.5. The Balaban J connectivity index is 2.75. The third-order valence-corrected chi connectivity index (χ3v) is 5.59. The van der Waals surface area contributed by atoms with Gasteiger partial charge in [-0.05, 0) is 13.8 Å². The minimum atomic E-state index is -0.459. The molecule has 1 heterocycles. The summed E-state index contributed by atoms with van der Waals surface area (Å²) in [7, 11) is 4.85. The largest absolute Gasteiger partial charge is 0.311 e. The normalized spacial score (nSPS) is 35.7. The Hall–Kier alpha value is 1.05. The molecule has 0 N–H and O–H groups in total. The lowest BCUT2D eigenvalue weighted by atomic mass is 9.77. The molecule has 6 heteroatoms. The lowest BCUT2D eigenvalue weighted by Gasteiger charge is -2.53. The van der Waals surface area contributed by atoms with Gasteiger partial charge in [0.1, 0.15) is 0 Å². The topological polar surface area (TPSA) is 20.3 Å². The van der Waals surface area contributed by atoms with E-state index >= 15 is 0 Å². The molecule has 0 aromatic rings. The van der Waals surface area contributed by atoms with Gasteiger partial charge in [0.25, 0.3) is 0 Å². The zero-order valence-corrected chi connectivity index (χ0v) is 11.1. The molecule has 0 bridgehead atoms. The fourth-order valence-electron chi connectivity index (χ4n) is 1.29. The Labute approximate surface area is 83.8 Å². The number of hydrogen-bond donors (Lipinski definition) is 0. The van der Waals surface area contributed by atoms with Gasteiger partial charge in [0.2, 0.25) is 5.91 Å². The highest BCUT2D eigenvalue weighted by Crippen LogP contribution is 2.63. The zero-order valence-electron chi connectivity index (χ0n) is 7.12. The predicted molar refractivity (Wildman–Crippen MR) is 61.5 cm³/mol. The Bertz CT molecular complexity index is 213. The van der Waals surface area contributed by atoms with E-state index in [2.05, 4.69) is 17.9 Å². The van der Waals surface area contributed by atoms with E-state index in [0.29, 0.717) is 5.88 Å². The SMILES string of the molecule is CC1N(P(P)P)C(=O)C1(C)CCl. The molecule has 12 heavy (non-hydrogen) atoms. The molecule has 0 radical (unpaired) electrons. The molecule has 4 unspecified atom stereocenters. The van der Waals surface area contributed by atoms with Crippen molar-refractivity contribution < 1.29 is 4.79 Å². The summed E-state index contributed by atoms with van der Waals surface area (Å²) < 4.78 is 1.88. The summed E-state index contributed by atoms with van der Waals surface area (Å²) in [4.78, 5) is 11.6. The Morgan fingerprint density at radius 3 is 2.50 bits per heavy atom. The first kappa shape index (κ1) is 11.1. The number of hydrogen-bond acceptors (Lipinski definition) is 1. The average Bonchev–Trinajstić information content (AvgIpc) is 2.02. The van der Waals surface area contributed by atoms with E-state index in [0.717, 1.165) is 0 Å². The Morgan fingerprint density at radius 2 is 2.25 bits per heavy atom. The van der Waals surface area contributed by atoms with Crippen LogP contribution in [0.2, 0.25) is 0 Å². The number of β-lactam (4-membered cyclic amide) rings is 1. The van der Waals surface area contributed by atoms with E-state index in [-0.39, 0.29) is 17.4 Å². The van der Waals surface area contributed by atoms with Gasteiger partial charge < -0.3 is 4.67 Å². The average molecular weight is 244 g/mol. The first-order valence-electron chi connectivity index (χ1n) is 3.64. The monoisotopic (exact) mass is 243 g/mol. The van der Waals surface area contributed by atoms with Crippen LogP contribution >= 0.6 is 36.9 Å². The summed E-state index contributed by atoms with van der Waals surface area (Å²) in [6.07, 6.45) is 0. The first-order chi connectivity index (χ1) is 5.45. The summed E-state index contributed by atoms with van der Waals surface area (Å²) >= 11 is 5.75. The van der Waals surface area contributed by atoms with Crippen LogP contribution in [0.3, 0.4) is 0 Å². The quantitative estimate of drug-likeness (QED) is 0.414. The fourth-order valence-corrected chi connectivity index (χ4v) is 4.55. The molecule has 1 rings (SSSR count). The van der Waals surface area contributed by atoms with Crippen molar-refractivity contribution in [1.29, 1.82) is 0 Å². The smallest absolute Gasteiger partial charge is 0.235 e. The maximum Gasteiger partial charge on any atom is 0.235 e. The van der Waals surface area contributed by atoms with E-state index in [1.807, 2.05) is 18.5 Å². The van der Waals surface area contributed by atoms with E-state index in [1.54, 1.807) is 0 Å². The van der Waals surface area contributed by atoms with Gasteiger partial charge in [0.15, 0.2) is 0 Å². The van der Waals surface area contributed by atoms with Crippen molar-refractivity contribution in [3.8, 4) is 0 Å². The van der Waals surface area contributed by atoms with Gasteiger partial charge in [-0.2, -0.15) is 0 Å². The standard InChI is InChI=1S/C6H13ClNOP3/c1-4-6(2,3-7)5(9)8(4)12(10)11/h4H,3,10-11H2,1-2H3. The number of amides is 1. The molecule has 0 aromatic heterocycles. The van der Waals surface area contributed by atoms with Gasteiger partial charge in [-0.25, -0.2) is 0 Å². The maximum absolute atomic E-state index is 11.6. The van der Waals surface area contributed by atoms with Crippen LogP contribution in [0.15, 0.2) is 0 Å². The number of alkyl halides is 1. The van der Waals surface area contributed by atoms with Crippen molar-refractivity contribution in [3.05, 3.63) is 0 Å². The molecule has 0 aromatic carbocycles. The van der Waals surface area contributed by atoms with Crippen LogP contribution in [0.4, 0.5) is 0 Å². The van der Waals surface area contributed by atoms with E-state index in [9.17, 15) is 4.79 Å². The third-order valence-electron chi connectivity index (χ3n) is 2.51. The number of nitrogens with zero attached hydrogens (tertiary/aromatic N) is 1. The molecule has 2 nitrogen and oxygen atoms in total. The minimum Gasteiger partial charge on any atom is -0.311 e. The lowest BCUT2D eigenvalue weighted by Crippen LogP contribution is -2.64. The minimum absolute atomic E-state index is 0.182. The second-order valence-electron chi connectivity index (χ2n) is 3.26. The summed E-state index contributed by atoms with van der Waals surface area (Å²) in [5.41, 5.74) is -0.324. The van der Waals surface area contributed by atoms with Gasteiger partial charge in [-0.15, -0.1) is 11.6 Å². The van der Waals surface area contributed by atoms with E-state index in [4.69, 9.17) is 11.6 Å². The van der Waals surface area contributed by atoms with Gasteiger partial charge in [-0.3, -0.25) is 4.79 Å². The van der Waals surface area contributed by atoms with Crippen molar-refractivity contribution in [2.75, 3.05) is 5.88 Å². The van der Waals surface area contributed by atoms with Crippen LogP contribution < -0.4 is 0 Å². The molecular formula is C6H13ClNOP3. The highest BCUT2D eigenvalue weighted by molar-refractivity contribution is 8.42. The molecule has 0 saturated carbocycles. The second kappa shape index (κ2) is 3.66. The van der Waals surface area contributed by atoms with Gasteiger partial charge in [-0.1, -0.05) is 17.9 Å². The molecule has 1 saturated heterocycles. The van der Waals surface area contributed by atoms with Crippen LogP contribution in [-0.2, 0) is 4.79 Å².